The van der Waals surface area contributed by atoms with Crippen molar-refractivity contribution in [1.29, 1.82) is 0 Å². The van der Waals surface area contributed by atoms with Crippen molar-refractivity contribution in [3.05, 3.63) is 11.8 Å². The Bertz CT molecular complexity index is 242. The van der Waals surface area contributed by atoms with Gasteiger partial charge in [-0.2, -0.15) is 5.10 Å². The summed E-state index contributed by atoms with van der Waals surface area (Å²) in [5, 5.41) is 4.15. The highest BCUT2D eigenvalue weighted by Gasteiger charge is 2.07. The lowest BCUT2D eigenvalue weighted by molar-refractivity contribution is 0.373. The molecule has 1 unspecified atom stereocenters. The van der Waals surface area contributed by atoms with Crippen molar-refractivity contribution < 1.29 is 4.74 Å². The fraction of sp³-hybridized carbons (Fsp3) is 0.571. The minimum atomic E-state index is -0.0369. The van der Waals surface area contributed by atoms with E-state index in [9.17, 15) is 0 Å². The van der Waals surface area contributed by atoms with Crippen molar-refractivity contribution in [3.8, 4) is 5.88 Å². The molecule has 0 aromatic carbocycles. The Labute approximate surface area is 66.0 Å². The molecule has 1 rings (SSSR count). The second-order valence-corrected chi connectivity index (χ2v) is 2.52. The zero-order chi connectivity index (χ0) is 8.43. The number of aryl methyl sites for hydroxylation is 1. The summed E-state index contributed by atoms with van der Waals surface area (Å²) in [6, 6.07) is 1.80. The smallest absolute Gasteiger partial charge is 0.211 e. The molecule has 0 fully saturated rings. The van der Waals surface area contributed by atoms with E-state index in [4.69, 9.17) is 10.5 Å². The quantitative estimate of drug-likeness (QED) is 0.674. The second kappa shape index (κ2) is 2.92. The van der Waals surface area contributed by atoms with Crippen LogP contribution in [0.1, 0.15) is 18.7 Å². The topological polar surface area (TPSA) is 53.1 Å². The molecule has 4 nitrogen and oxygen atoms in total. The predicted octanol–water partition coefficient (Wildman–Crippen LogP) is 0.448. The summed E-state index contributed by atoms with van der Waals surface area (Å²) in [4.78, 5) is 0. The van der Waals surface area contributed by atoms with E-state index in [0.717, 1.165) is 11.6 Å². The average Bonchev–Trinajstić information content (AvgIpc) is 2.31. The van der Waals surface area contributed by atoms with E-state index in [-0.39, 0.29) is 6.04 Å². The van der Waals surface area contributed by atoms with Crippen LogP contribution in [0.3, 0.4) is 0 Å². The number of ether oxygens (including phenoxy) is 1. The standard InChI is InChI=1S/C7H13N3O/c1-5(8)6-4-7(11-3)10(2)9-6/h4-5H,8H2,1-3H3. The maximum Gasteiger partial charge on any atom is 0.211 e. The molecule has 0 aliphatic heterocycles. The third-order valence-electron chi connectivity index (χ3n) is 1.53. The molecule has 1 aromatic rings. The molecular formula is C7H13N3O. The van der Waals surface area contributed by atoms with Crippen LogP contribution in [-0.2, 0) is 7.05 Å². The maximum atomic E-state index is 5.62. The van der Waals surface area contributed by atoms with Gasteiger partial charge in [-0.3, -0.25) is 0 Å². The van der Waals surface area contributed by atoms with Crippen LogP contribution < -0.4 is 10.5 Å². The zero-order valence-corrected chi connectivity index (χ0v) is 7.03. The first-order chi connectivity index (χ1) is 5.15. The minimum absolute atomic E-state index is 0.0369. The number of nitrogens with zero attached hydrogens (tertiary/aromatic N) is 2. The highest BCUT2D eigenvalue weighted by atomic mass is 16.5. The number of methoxy groups -OCH3 is 1. The summed E-state index contributed by atoms with van der Waals surface area (Å²) in [6.07, 6.45) is 0. The fourth-order valence-electron chi connectivity index (χ4n) is 0.885. The molecule has 1 atom stereocenters. The van der Waals surface area contributed by atoms with Crippen LogP contribution in [-0.4, -0.2) is 16.9 Å². The van der Waals surface area contributed by atoms with Crippen LogP contribution in [0.15, 0.2) is 6.07 Å². The number of rotatable bonds is 2. The lowest BCUT2D eigenvalue weighted by Gasteiger charge is -1.96. The molecule has 0 saturated carbocycles. The minimum Gasteiger partial charge on any atom is -0.481 e. The summed E-state index contributed by atoms with van der Waals surface area (Å²) in [6.45, 7) is 1.89. The third kappa shape index (κ3) is 1.51. The van der Waals surface area contributed by atoms with E-state index >= 15 is 0 Å². The molecule has 0 amide bonds. The van der Waals surface area contributed by atoms with Crippen molar-refractivity contribution in [2.45, 2.75) is 13.0 Å². The molecule has 1 heterocycles. The van der Waals surface area contributed by atoms with Crippen LogP contribution in [0.5, 0.6) is 5.88 Å². The van der Waals surface area contributed by atoms with Gasteiger partial charge in [0.25, 0.3) is 0 Å². The Morgan fingerprint density at radius 3 is 2.64 bits per heavy atom. The van der Waals surface area contributed by atoms with E-state index in [1.54, 1.807) is 11.8 Å². The Morgan fingerprint density at radius 2 is 2.36 bits per heavy atom. The normalized spacial score (nSPS) is 13.1. The largest absolute Gasteiger partial charge is 0.481 e. The maximum absolute atomic E-state index is 5.62. The lowest BCUT2D eigenvalue weighted by atomic mass is 10.3. The molecule has 11 heavy (non-hydrogen) atoms. The van der Waals surface area contributed by atoms with Crippen LogP contribution >= 0.6 is 0 Å². The van der Waals surface area contributed by atoms with E-state index in [1.165, 1.54) is 0 Å². The van der Waals surface area contributed by atoms with Crippen molar-refractivity contribution in [2.24, 2.45) is 12.8 Å². The highest BCUT2D eigenvalue weighted by molar-refractivity contribution is 5.17. The van der Waals surface area contributed by atoms with Crippen molar-refractivity contribution >= 4 is 0 Å². The molecule has 62 valence electrons. The van der Waals surface area contributed by atoms with Gasteiger partial charge in [-0.15, -0.1) is 0 Å². The monoisotopic (exact) mass is 155 g/mol. The average molecular weight is 155 g/mol. The van der Waals surface area contributed by atoms with Gasteiger partial charge in [0.1, 0.15) is 0 Å². The third-order valence-corrected chi connectivity index (χ3v) is 1.53. The van der Waals surface area contributed by atoms with Crippen molar-refractivity contribution in [2.75, 3.05) is 7.11 Å². The Kier molecular flexibility index (Phi) is 2.14. The van der Waals surface area contributed by atoms with Crippen LogP contribution in [0.25, 0.3) is 0 Å². The lowest BCUT2D eigenvalue weighted by Crippen LogP contribution is -2.06. The van der Waals surface area contributed by atoms with E-state index in [0.29, 0.717) is 0 Å². The first kappa shape index (κ1) is 8.07. The highest BCUT2D eigenvalue weighted by Crippen LogP contribution is 2.14. The van der Waals surface area contributed by atoms with Gasteiger partial charge in [-0.05, 0) is 6.92 Å². The Hall–Kier alpha value is -1.03. The molecular weight excluding hydrogens is 142 g/mol. The van der Waals surface area contributed by atoms with Crippen molar-refractivity contribution in [1.82, 2.24) is 9.78 Å². The van der Waals surface area contributed by atoms with Gasteiger partial charge in [-0.1, -0.05) is 0 Å². The van der Waals surface area contributed by atoms with E-state index in [1.807, 2.05) is 20.0 Å². The first-order valence-corrected chi connectivity index (χ1v) is 3.48. The molecule has 0 spiro atoms. The molecule has 0 bridgehead atoms. The number of hydrogen-bond donors (Lipinski definition) is 1. The van der Waals surface area contributed by atoms with Crippen LogP contribution in [0, 0.1) is 0 Å². The van der Waals surface area contributed by atoms with Gasteiger partial charge in [0.05, 0.1) is 12.8 Å². The van der Waals surface area contributed by atoms with Gasteiger partial charge >= 0.3 is 0 Å². The van der Waals surface area contributed by atoms with E-state index in [2.05, 4.69) is 5.10 Å². The van der Waals surface area contributed by atoms with Crippen molar-refractivity contribution in [3.63, 3.8) is 0 Å². The van der Waals surface area contributed by atoms with Gasteiger partial charge < -0.3 is 10.5 Å². The summed E-state index contributed by atoms with van der Waals surface area (Å²) in [7, 11) is 3.44. The summed E-state index contributed by atoms with van der Waals surface area (Å²) in [5.41, 5.74) is 6.47. The predicted molar refractivity (Wildman–Crippen MR) is 42.4 cm³/mol. The molecule has 0 aliphatic carbocycles. The second-order valence-electron chi connectivity index (χ2n) is 2.52. The van der Waals surface area contributed by atoms with Gasteiger partial charge in [0, 0.05) is 19.2 Å². The summed E-state index contributed by atoms with van der Waals surface area (Å²) in [5.74, 6) is 0.734. The molecule has 1 aromatic heterocycles. The number of aromatic nitrogens is 2. The van der Waals surface area contributed by atoms with Crippen LogP contribution in [0.2, 0.25) is 0 Å². The molecule has 4 heteroatoms. The van der Waals surface area contributed by atoms with Gasteiger partial charge in [0.2, 0.25) is 5.88 Å². The summed E-state index contributed by atoms with van der Waals surface area (Å²) >= 11 is 0. The van der Waals surface area contributed by atoms with Gasteiger partial charge in [0.15, 0.2) is 0 Å². The van der Waals surface area contributed by atoms with Crippen LogP contribution in [0.4, 0.5) is 0 Å². The first-order valence-electron chi connectivity index (χ1n) is 3.48. The Balaban J connectivity index is 2.95. The number of hydrogen-bond acceptors (Lipinski definition) is 3. The zero-order valence-electron chi connectivity index (χ0n) is 7.03. The molecule has 0 aliphatic rings. The molecule has 2 N–H and O–H groups in total. The van der Waals surface area contributed by atoms with Gasteiger partial charge in [-0.25, -0.2) is 4.68 Å². The molecule has 0 radical (unpaired) electrons. The van der Waals surface area contributed by atoms with E-state index < -0.39 is 0 Å². The SMILES string of the molecule is COc1cc(C(C)N)nn1C. The number of nitrogens with two attached hydrogens (primary N) is 1. The summed E-state index contributed by atoms with van der Waals surface area (Å²) < 4.78 is 6.69. The Morgan fingerprint density at radius 1 is 1.73 bits per heavy atom. The fourth-order valence-corrected chi connectivity index (χ4v) is 0.885. The molecule has 0 saturated heterocycles.